The van der Waals surface area contributed by atoms with Crippen LogP contribution in [0.3, 0.4) is 0 Å². The molecular formula is C13H18ClNO4S. The number of rotatable bonds is 5. The third-order valence-electron chi connectivity index (χ3n) is 2.71. The molecule has 1 unspecified atom stereocenters. The van der Waals surface area contributed by atoms with Crippen molar-refractivity contribution in [3.8, 4) is 5.75 Å². The summed E-state index contributed by atoms with van der Waals surface area (Å²) < 4.78 is 28.4. The summed E-state index contributed by atoms with van der Waals surface area (Å²) in [5.74, 6) is 0.208. The Kier molecular flexibility index (Phi) is 5.42. The predicted molar refractivity (Wildman–Crippen MR) is 77.7 cm³/mol. The lowest BCUT2D eigenvalue weighted by Gasteiger charge is -2.16. The maximum atomic E-state index is 11.6. The molecule has 0 spiro atoms. The average Bonchev–Trinajstić information content (AvgIpc) is 2.25. The fourth-order valence-electron chi connectivity index (χ4n) is 1.94. The largest absolute Gasteiger partial charge is 0.481 e. The van der Waals surface area contributed by atoms with Crippen LogP contribution in [0.15, 0.2) is 17.0 Å². The number of benzene rings is 1. The Labute approximate surface area is 123 Å². The highest BCUT2D eigenvalue weighted by atomic mass is 35.7. The van der Waals surface area contributed by atoms with Crippen molar-refractivity contribution in [1.82, 2.24) is 5.32 Å². The number of hydrogen-bond acceptors (Lipinski definition) is 4. The van der Waals surface area contributed by atoms with Crippen molar-refractivity contribution in [3.05, 3.63) is 23.3 Å². The summed E-state index contributed by atoms with van der Waals surface area (Å²) >= 11 is 0. The Balaban J connectivity index is 3.04. The molecule has 0 aromatic heterocycles. The molecule has 0 aliphatic carbocycles. The van der Waals surface area contributed by atoms with Crippen LogP contribution in [0.4, 0.5) is 0 Å². The van der Waals surface area contributed by atoms with Crippen LogP contribution in [0.5, 0.6) is 5.75 Å². The number of ether oxygens (including phenoxy) is 1. The van der Waals surface area contributed by atoms with Crippen LogP contribution in [-0.4, -0.2) is 27.0 Å². The molecule has 0 saturated heterocycles. The molecule has 1 rings (SSSR count). The molecular weight excluding hydrogens is 302 g/mol. The smallest absolute Gasteiger partial charge is 0.261 e. The van der Waals surface area contributed by atoms with Gasteiger partial charge >= 0.3 is 0 Å². The van der Waals surface area contributed by atoms with E-state index in [1.165, 1.54) is 0 Å². The summed E-state index contributed by atoms with van der Waals surface area (Å²) in [6.07, 6.45) is -0.660. The van der Waals surface area contributed by atoms with Gasteiger partial charge in [-0.15, -0.1) is 0 Å². The third kappa shape index (κ3) is 4.11. The van der Waals surface area contributed by atoms with Crippen LogP contribution in [0.2, 0.25) is 0 Å². The van der Waals surface area contributed by atoms with Gasteiger partial charge in [0.25, 0.3) is 15.0 Å². The fraction of sp³-hybridized carbons (Fsp3) is 0.462. The molecule has 1 amide bonds. The van der Waals surface area contributed by atoms with E-state index in [1.807, 2.05) is 6.92 Å². The van der Waals surface area contributed by atoms with Gasteiger partial charge < -0.3 is 10.1 Å². The topological polar surface area (TPSA) is 72.5 Å². The number of carbonyl (C=O) groups is 1. The van der Waals surface area contributed by atoms with Crippen LogP contribution in [0.25, 0.3) is 0 Å². The monoisotopic (exact) mass is 319 g/mol. The lowest BCUT2D eigenvalue weighted by molar-refractivity contribution is -0.127. The van der Waals surface area contributed by atoms with Crippen LogP contribution in [0, 0.1) is 13.8 Å². The first-order valence-corrected chi connectivity index (χ1v) is 8.48. The predicted octanol–water partition coefficient (Wildman–Crippen LogP) is 2.13. The first-order valence-electron chi connectivity index (χ1n) is 6.17. The maximum absolute atomic E-state index is 11.6. The lowest BCUT2D eigenvalue weighted by atomic mass is 10.1. The Morgan fingerprint density at radius 2 is 1.85 bits per heavy atom. The minimum Gasteiger partial charge on any atom is -0.481 e. The first kappa shape index (κ1) is 16.8. The van der Waals surface area contributed by atoms with Gasteiger partial charge in [0.2, 0.25) is 0 Å². The summed E-state index contributed by atoms with van der Waals surface area (Å²) in [5.41, 5.74) is 0.969. The van der Waals surface area contributed by atoms with Crippen LogP contribution < -0.4 is 10.1 Å². The van der Waals surface area contributed by atoms with E-state index >= 15 is 0 Å². The molecule has 0 fully saturated rings. The minimum atomic E-state index is -3.80. The summed E-state index contributed by atoms with van der Waals surface area (Å²) in [4.78, 5) is 11.7. The van der Waals surface area contributed by atoms with E-state index in [0.29, 0.717) is 23.4 Å². The third-order valence-corrected chi connectivity index (χ3v) is 4.31. The zero-order chi connectivity index (χ0) is 15.5. The number of carbonyl (C=O) groups excluding carboxylic acids is 1. The van der Waals surface area contributed by atoms with E-state index in [9.17, 15) is 13.2 Å². The highest BCUT2D eigenvalue weighted by Crippen LogP contribution is 2.28. The molecule has 1 aromatic carbocycles. The summed E-state index contributed by atoms with van der Waals surface area (Å²) in [5, 5.41) is 2.65. The number of aryl methyl sites for hydroxylation is 2. The quantitative estimate of drug-likeness (QED) is 0.844. The Bertz CT molecular complexity index is 590. The van der Waals surface area contributed by atoms with Gasteiger partial charge in [0.15, 0.2) is 6.10 Å². The minimum absolute atomic E-state index is 0.0807. The zero-order valence-electron chi connectivity index (χ0n) is 11.9. The van der Waals surface area contributed by atoms with Gasteiger partial charge in [0.1, 0.15) is 5.75 Å². The Morgan fingerprint density at radius 1 is 1.35 bits per heavy atom. The van der Waals surface area contributed by atoms with Crippen molar-refractivity contribution in [1.29, 1.82) is 0 Å². The highest BCUT2D eigenvalue weighted by molar-refractivity contribution is 8.13. The Hall–Kier alpha value is -1.27. The van der Waals surface area contributed by atoms with Crippen LogP contribution in [0.1, 0.15) is 25.0 Å². The standard InChI is InChI=1S/C13H18ClNO4S/c1-5-15-13(16)10(4)19-11-6-8(2)12(9(3)7-11)20(14,17)18/h6-7,10H,5H2,1-4H3,(H,15,16). The molecule has 0 radical (unpaired) electrons. The number of halogens is 1. The van der Waals surface area contributed by atoms with E-state index in [0.717, 1.165) is 0 Å². The van der Waals surface area contributed by atoms with Crippen molar-refractivity contribution in [3.63, 3.8) is 0 Å². The highest BCUT2D eigenvalue weighted by Gasteiger charge is 2.19. The molecule has 1 N–H and O–H groups in total. The fourth-order valence-corrected chi connectivity index (χ4v) is 3.56. The molecule has 0 aliphatic heterocycles. The van der Waals surface area contributed by atoms with Crippen molar-refractivity contribution in [2.75, 3.05) is 6.54 Å². The molecule has 0 heterocycles. The molecule has 5 nitrogen and oxygen atoms in total. The van der Waals surface area contributed by atoms with E-state index in [4.69, 9.17) is 15.4 Å². The van der Waals surface area contributed by atoms with Gasteiger partial charge in [-0.1, -0.05) is 0 Å². The molecule has 0 bridgehead atoms. The van der Waals surface area contributed by atoms with Gasteiger partial charge in [-0.2, -0.15) is 0 Å². The number of amides is 1. The van der Waals surface area contributed by atoms with Gasteiger partial charge in [0, 0.05) is 17.2 Å². The first-order chi connectivity index (χ1) is 9.16. The molecule has 20 heavy (non-hydrogen) atoms. The second kappa shape index (κ2) is 6.45. The number of hydrogen-bond donors (Lipinski definition) is 1. The van der Waals surface area contributed by atoms with Gasteiger partial charge in [-0.05, 0) is 51.0 Å². The van der Waals surface area contributed by atoms with Crippen molar-refractivity contribution >= 4 is 25.6 Å². The van der Waals surface area contributed by atoms with E-state index < -0.39 is 15.2 Å². The Morgan fingerprint density at radius 3 is 2.25 bits per heavy atom. The van der Waals surface area contributed by atoms with Gasteiger partial charge in [-0.3, -0.25) is 4.79 Å². The maximum Gasteiger partial charge on any atom is 0.261 e. The molecule has 1 aromatic rings. The lowest BCUT2D eigenvalue weighted by Crippen LogP contribution is -2.36. The van der Waals surface area contributed by atoms with Crippen molar-refractivity contribution < 1.29 is 17.9 Å². The van der Waals surface area contributed by atoms with Crippen LogP contribution in [-0.2, 0) is 13.8 Å². The number of likely N-dealkylation sites (N-methyl/N-ethyl adjacent to an activating group) is 1. The van der Waals surface area contributed by atoms with Crippen molar-refractivity contribution in [2.24, 2.45) is 0 Å². The summed E-state index contributed by atoms with van der Waals surface area (Å²) in [6.45, 7) is 7.23. The molecule has 112 valence electrons. The molecule has 0 saturated carbocycles. The van der Waals surface area contributed by atoms with Gasteiger partial charge in [-0.25, -0.2) is 8.42 Å². The molecule has 0 aliphatic rings. The second-order valence-corrected chi connectivity index (χ2v) is 6.98. The normalized spacial score (nSPS) is 12.8. The van der Waals surface area contributed by atoms with E-state index in [-0.39, 0.29) is 10.8 Å². The number of nitrogens with one attached hydrogen (secondary N) is 1. The van der Waals surface area contributed by atoms with Crippen LogP contribution >= 0.6 is 10.7 Å². The molecule has 1 atom stereocenters. The van der Waals surface area contributed by atoms with Crippen molar-refractivity contribution in [2.45, 2.75) is 38.7 Å². The SMILES string of the molecule is CCNC(=O)C(C)Oc1cc(C)c(S(=O)(=O)Cl)c(C)c1. The van der Waals surface area contributed by atoms with E-state index in [1.54, 1.807) is 32.9 Å². The summed E-state index contributed by atoms with van der Waals surface area (Å²) in [6, 6.07) is 3.11. The second-order valence-electron chi connectivity index (χ2n) is 4.48. The zero-order valence-corrected chi connectivity index (χ0v) is 13.4. The molecule has 7 heteroatoms. The average molecular weight is 320 g/mol. The van der Waals surface area contributed by atoms with Gasteiger partial charge in [0.05, 0.1) is 4.90 Å². The van der Waals surface area contributed by atoms with E-state index in [2.05, 4.69) is 5.32 Å². The summed E-state index contributed by atoms with van der Waals surface area (Å²) in [7, 11) is 1.59.